The van der Waals surface area contributed by atoms with E-state index < -0.39 is 10.0 Å². The number of nitrogens with zero attached hydrogens (tertiary/aromatic N) is 1. The topological polar surface area (TPSA) is 80.3 Å². The van der Waals surface area contributed by atoms with Crippen LogP contribution in [0.4, 0.5) is 5.82 Å². The Morgan fingerprint density at radius 2 is 2.14 bits per heavy atom. The highest BCUT2D eigenvalue weighted by molar-refractivity contribution is 9.10. The molecule has 0 amide bonds. The Balaban J connectivity index is 2.56. The van der Waals surface area contributed by atoms with E-state index in [2.05, 4.69) is 44.8 Å². The van der Waals surface area contributed by atoms with Crippen LogP contribution >= 0.6 is 15.9 Å². The lowest BCUT2D eigenvalue weighted by molar-refractivity contribution is 0.108. The van der Waals surface area contributed by atoms with E-state index >= 15 is 0 Å². The van der Waals surface area contributed by atoms with Gasteiger partial charge in [-0.05, 0) is 34.3 Å². The number of hydrogen-bond donors (Lipinski definition) is 2. The molecule has 0 atom stereocenters. The van der Waals surface area contributed by atoms with Crippen molar-refractivity contribution in [3.63, 3.8) is 0 Å². The number of aromatic nitrogens is 1. The number of pyridine rings is 1. The van der Waals surface area contributed by atoms with Crippen LogP contribution in [0.25, 0.3) is 0 Å². The fourth-order valence-corrected chi connectivity index (χ4v) is 3.33. The van der Waals surface area contributed by atoms with Gasteiger partial charge in [0, 0.05) is 37.5 Å². The lowest BCUT2D eigenvalue weighted by Crippen LogP contribution is -2.26. The van der Waals surface area contributed by atoms with E-state index in [0.717, 1.165) is 0 Å². The SMILES string of the molecule is CNc1ncc(Br)cc1S(=O)(=O)NCCCOCC(C)C. The van der Waals surface area contributed by atoms with Gasteiger partial charge >= 0.3 is 0 Å². The summed E-state index contributed by atoms with van der Waals surface area (Å²) in [4.78, 5) is 4.17. The van der Waals surface area contributed by atoms with Gasteiger partial charge in [-0.3, -0.25) is 0 Å². The molecule has 21 heavy (non-hydrogen) atoms. The van der Waals surface area contributed by atoms with Crippen molar-refractivity contribution in [2.45, 2.75) is 25.2 Å². The van der Waals surface area contributed by atoms with Crippen molar-refractivity contribution in [1.29, 1.82) is 0 Å². The second kappa shape index (κ2) is 8.67. The molecule has 0 aliphatic carbocycles. The van der Waals surface area contributed by atoms with Gasteiger partial charge < -0.3 is 10.1 Å². The number of rotatable bonds is 9. The van der Waals surface area contributed by atoms with E-state index in [1.54, 1.807) is 13.2 Å². The molecule has 1 aromatic rings. The summed E-state index contributed by atoms with van der Waals surface area (Å²) in [7, 11) is -1.96. The van der Waals surface area contributed by atoms with E-state index in [4.69, 9.17) is 4.74 Å². The van der Waals surface area contributed by atoms with Crippen LogP contribution in [0.5, 0.6) is 0 Å². The standard InChI is InChI=1S/C13H22BrN3O3S/c1-10(2)9-20-6-4-5-17-21(18,19)12-7-11(14)8-16-13(12)15-3/h7-8,10,17H,4-6,9H2,1-3H3,(H,15,16). The molecule has 0 unspecified atom stereocenters. The second-order valence-corrected chi connectivity index (χ2v) is 7.62. The summed E-state index contributed by atoms with van der Waals surface area (Å²) in [6.45, 7) is 5.70. The van der Waals surface area contributed by atoms with Gasteiger partial charge in [-0.1, -0.05) is 13.8 Å². The van der Waals surface area contributed by atoms with Gasteiger partial charge in [0.05, 0.1) is 0 Å². The van der Waals surface area contributed by atoms with Crippen molar-refractivity contribution in [1.82, 2.24) is 9.71 Å². The molecular formula is C13H22BrN3O3S. The molecule has 0 saturated heterocycles. The highest BCUT2D eigenvalue weighted by Gasteiger charge is 2.19. The van der Waals surface area contributed by atoms with Crippen molar-refractivity contribution in [3.8, 4) is 0 Å². The van der Waals surface area contributed by atoms with Crippen molar-refractivity contribution < 1.29 is 13.2 Å². The molecule has 0 radical (unpaired) electrons. The number of sulfonamides is 1. The van der Waals surface area contributed by atoms with Gasteiger partial charge in [0.2, 0.25) is 10.0 Å². The van der Waals surface area contributed by atoms with Crippen LogP contribution in [0.1, 0.15) is 20.3 Å². The van der Waals surface area contributed by atoms with Crippen LogP contribution in [0.2, 0.25) is 0 Å². The predicted octanol–water partition coefficient (Wildman–Crippen LogP) is 2.23. The van der Waals surface area contributed by atoms with Crippen LogP contribution in [-0.2, 0) is 14.8 Å². The largest absolute Gasteiger partial charge is 0.381 e. The monoisotopic (exact) mass is 379 g/mol. The van der Waals surface area contributed by atoms with E-state index in [-0.39, 0.29) is 4.90 Å². The van der Waals surface area contributed by atoms with Crippen LogP contribution in [0.15, 0.2) is 21.6 Å². The highest BCUT2D eigenvalue weighted by atomic mass is 79.9. The summed E-state index contributed by atoms with van der Waals surface area (Å²) >= 11 is 3.23. The summed E-state index contributed by atoms with van der Waals surface area (Å²) in [6.07, 6.45) is 2.17. The molecular weight excluding hydrogens is 358 g/mol. The lowest BCUT2D eigenvalue weighted by atomic mass is 10.2. The van der Waals surface area contributed by atoms with Crippen molar-refractivity contribution in [2.75, 3.05) is 32.1 Å². The number of ether oxygens (including phenoxy) is 1. The molecule has 6 nitrogen and oxygen atoms in total. The second-order valence-electron chi connectivity index (χ2n) is 4.97. The van der Waals surface area contributed by atoms with E-state index in [1.807, 2.05) is 0 Å². The summed E-state index contributed by atoms with van der Waals surface area (Å²) < 4.78 is 33.1. The maximum atomic E-state index is 12.3. The van der Waals surface area contributed by atoms with Crippen molar-refractivity contribution >= 4 is 31.8 Å². The zero-order chi connectivity index (χ0) is 15.9. The third-order valence-electron chi connectivity index (χ3n) is 2.55. The van der Waals surface area contributed by atoms with Crippen LogP contribution in [0.3, 0.4) is 0 Å². The molecule has 0 bridgehead atoms. The van der Waals surface area contributed by atoms with Gasteiger partial charge in [-0.15, -0.1) is 0 Å². The number of nitrogens with one attached hydrogen (secondary N) is 2. The molecule has 0 aliphatic heterocycles. The Bertz CT molecular complexity index is 550. The van der Waals surface area contributed by atoms with E-state index in [1.165, 1.54) is 6.07 Å². The molecule has 1 heterocycles. The third-order valence-corrected chi connectivity index (χ3v) is 4.46. The Kier molecular flexibility index (Phi) is 7.58. The minimum atomic E-state index is -3.59. The number of hydrogen-bond acceptors (Lipinski definition) is 5. The Morgan fingerprint density at radius 3 is 2.76 bits per heavy atom. The average molecular weight is 380 g/mol. The fraction of sp³-hybridized carbons (Fsp3) is 0.615. The predicted molar refractivity (Wildman–Crippen MR) is 86.9 cm³/mol. The summed E-state index contributed by atoms with van der Waals surface area (Å²) in [6, 6.07) is 1.52. The van der Waals surface area contributed by atoms with Gasteiger partial charge in [-0.25, -0.2) is 18.1 Å². The molecule has 1 aromatic heterocycles. The lowest BCUT2D eigenvalue weighted by Gasteiger charge is -2.11. The van der Waals surface area contributed by atoms with Crippen molar-refractivity contribution in [3.05, 3.63) is 16.7 Å². The zero-order valence-electron chi connectivity index (χ0n) is 12.5. The number of halogens is 1. The average Bonchev–Trinajstić information content (AvgIpc) is 2.42. The molecule has 0 aliphatic rings. The van der Waals surface area contributed by atoms with Crippen molar-refractivity contribution in [2.24, 2.45) is 5.92 Å². The van der Waals surface area contributed by atoms with Crippen LogP contribution in [0, 0.1) is 5.92 Å². The minimum Gasteiger partial charge on any atom is -0.381 e. The maximum absolute atomic E-state index is 12.3. The molecule has 120 valence electrons. The van der Waals surface area contributed by atoms with Crippen LogP contribution < -0.4 is 10.0 Å². The molecule has 0 aromatic carbocycles. The van der Waals surface area contributed by atoms with Gasteiger partial charge in [-0.2, -0.15) is 0 Å². The normalized spacial score (nSPS) is 11.9. The summed E-state index contributed by atoms with van der Waals surface area (Å²) in [5.41, 5.74) is 0. The zero-order valence-corrected chi connectivity index (χ0v) is 14.9. The van der Waals surface area contributed by atoms with Gasteiger partial charge in [0.1, 0.15) is 10.7 Å². The van der Waals surface area contributed by atoms with Gasteiger partial charge in [0.15, 0.2) is 0 Å². The summed E-state index contributed by atoms with van der Waals surface area (Å²) in [5.74, 6) is 0.800. The molecule has 2 N–H and O–H groups in total. The molecule has 8 heteroatoms. The van der Waals surface area contributed by atoms with E-state index in [9.17, 15) is 8.42 Å². The Morgan fingerprint density at radius 1 is 1.43 bits per heavy atom. The first kappa shape index (κ1) is 18.3. The first-order valence-electron chi connectivity index (χ1n) is 6.77. The third kappa shape index (κ3) is 6.29. The molecule has 0 spiro atoms. The van der Waals surface area contributed by atoms with E-state index in [0.29, 0.717) is 42.4 Å². The molecule has 0 fully saturated rings. The van der Waals surface area contributed by atoms with Gasteiger partial charge in [0.25, 0.3) is 0 Å². The quantitative estimate of drug-likeness (QED) is 0.643. The first-order valence-corrected chi connectivity index (χ1v) is 9.05. The Labute approximate surface area is 134 Å². The highest BCUT2D eigenvalue weighted by Crippen LogP contribution is 2.22. The first-order chi connectivity index (χ1) is 9.86. The maximum Gasteiger partial charge on any atom is 0.244 e. The molecule has 0 saturated carbocycles. The fourth-order valence-electron chi connectivity index (χ4n) is 1.59. The van der Waals surface area contributed by atoms with Crippen LogP contribution in [-0.4, -0.2) is 40.2 Å². The Hall–Kier alpha value is -0.700. The number of anilines is 1. The molecule has 1 rings (SSSR count). The smallest absolute Gasteiger partial charge is 0.244 e. The minimum absolute atomic E-state index is 0.127. The summed E-state index contributed by atoms with van der Waals surface area (Å²) in [5, 5.41) is 2.78.